The molecule has 0 spiro atoms. The number of aliphatic carboxylic acids is 1. The summed E-state index contributed by atoms with van der Waals surface area (Å²) in [6.45, 7) is 1.38. The Labute approximate surface area is 106 Å². The Hall–Kier alpha value is -1.43. The minimum Gasteiger partial charge on any atom is -0.480 e. The lowest BCUT2D eigenvalue weighted by Crippen LogP contribution is -2.40. The van der Waals surface area contributed by atoms with Crippen LogP contribution in [0, 0.1) is 5.82 Å². The van der Waals surface area contributed by atoms with Gasteiger partial charge in [0.15, 0.2) is 0 Å². The van der Waals surface area contributed by atoms with Gasteiger partial charge in [0, 0.05) is 11.5 Å². The molecular formula is C11H11BrFNO3. The number of nitrogens with zero attached hydrogens (tertiary/aromatic N) is 1. The fraction of sp³-hybridized carbons (Fsp3) is 0.273. The summed E-state index contributed by atoms with van der Waals surface area (Å²) < 4.78 is 13.4. The van der Waals surface area contributed by atoms with Crippen LogP contribution in [0.5, 0.6) is 0 Å². The average molecular weight is 304 g/mol. The number of amides is 1. The first kappa shape index (κ1) is 13.6. The smallest absolute Gasteiger partial charge is 0.326 e. The Balaban J connectivity index is 3.04. The van der Waals surface area contributed by atoms with Crippen LogP contribution in [-0.4, -0.2) is 35.0 Å². The van der Waals surface area contributed by atoms with E-state index < -0.39 is 23.7 Å². The largest absolute Gasteiger partial charge is 0.480 e. The van der Waals surface area contributed by atoms with Crippen LogP contribution in [0.2, 0.25) is 0 Å². The zero-order chi connectivity index (χ0) is 13.2. The number of hydrogen-bond acceptors (Lipinski definition) is 2. The van der Waals surface area contributed by atoms with E-state index in [1.807, 2.05) is 0 Å². The van der Waals surface area contributed by atoms with Gasteiger partial charge in [0.05, 0.1) is 5.56 Å². The molecule has 1 amide bonds. The quantitative estimate of drug-likeness (QED) is 0.930. The van der Waals surface area contributed by atoms with Crippen molar-refractivity contribution in [3.63, 3.8) is 0 Å². The number of benzene rings is 1. The first-order chi connectivity index (χ1) is 7.84. The summed E-state index contributed by atoms with van der Waals surface area (Å²) in [7, 11) is 1.36. The molecule has 0 saturated heterocycles. The number of hydrogen-bond donors (Lipinski definition) is 1. The normalized spacial score (nSPS) is 12.0. The average Bonchev–Trinajstić information content (AvgIpc) is 2.29. The van der Waals surface area contributed by atoms with Crippen LogP contribution >= 0.6 is 15.9 Å². The molecule has 0 aliphatic rings. The van der Waals surface area contributed by atoms with Crippen LogP contribution in [-0.2, 0) is 4.79 Å². The highest BCUT2D eigenvalue weighted by atomic mass is 79.9. The highest BCUT2D eigenvalue weighted by molar-refractivity contribution is 9.10. The molecule has 1 unspecified atom stereocenters. The van der Waals surface area contributed by atoms with E-state index in [-0.39, 0.29) is 5.56 Å². The molecule has 1 atom stereocenters. The van der Waals surface area contributed by atoms with Crippen molar-refractivity contribution in [2.75, 3.05) is 7.05 Å². The van der Waals surface area contributed by atoms with E-state index in [1.54, 1.807) is 0 Å². The maximum absolute atomic E-state index is 13.0. The predicted molar refractivity (Wildman–Crippen MR) is 63.3 cm³/mol. The molecule has 1 aromatic carbocycles. The van der Waals surface area contributed by atoms with Gasteiger partial charge in [-0.15, -0.1) is 0 Å². The van der Waals surface area contributed by atoms with Crippen molar-refractivity contribution < 1.29 is 19.1 Å². The Morgan fingerprint density at radius 2 is 2.06 bits per heavy atom. The van der Waals surface area contributed by atoms with Gasteiger partial charge in [-0.2, -0.15) is 0 Å². The fourth-order valence-corrected chi connectivity index (χ4v) is 1.61. The number of halogens is 2. The standard InChI is InChI=1S/C11H11BrFNO3/c1-6(11(16)17)14(2)10(15)8-5-7(13)3-4-9(8)12/h3-6H,1-2H3,(H,16,17). The molecule has 17 heavy (non-hydrogen) atoms. The van der Waals surface area contributed by atoms with Crippen molar-refractivity contribution >= 4 is 27.8 Å². The molecule has 0 aromatic heterocycles. The summed E-state index contributed by atoms with van der Waals surface area (Å²) in [5.41, 5.74) is 0.0978. The number of carboxylic acids is 1. The van der Waals surface area contributed by atoms with Crippen molar-refractivity contribution in [3.8, 4) is 0 Å². The highest BCUT2D eigenvalue weighted by Gasteiger charge is 2.24. The van der Waals surface area contributed by atoms with E-state index in [0.29, 0.717) is 4.47 Å². The summed E-state index contributed by atoms with van der Waals surface area (Å²) in [6.07, 6.45) is 0. The molecule has 0 heterocycles. The van der Waals surface area contributed by atoms with Crippen LogP contribution in [0.15, 0.2) is 22.7 Å². The molecule has 0 bridgehead atoms. The van der Waals surface area contributed by atoms with E-state index in [2.05, 4.69) is 15.9 Å². The lowest BCUT2D eigenvalue weighted by atomic mass is 10.1. The SMILES string of the molecule is CC(C(=O)O)N(C)C(=O)c1cc(F)ccc1Br. The number of carbonyl (C=O) groups excluding carboxylic acids is 1. The van der Waals surface area contributed by atoms with Crippen LogP contribution in [0.4, 0.5) is 4.39 Å². The van der Waals surface area contributed by atoms with E-state index in [0.717, 1.165) is 11.0 Å². The molecule has 1 rings (SSSR count). The van der Waals surface area contributed by atoms with Crippen molar-refractivity contribution in [1.82, 2.24) is 4.90 Å². The minimum absolute atomic E-state index is 0.0978. The van der Waals surface area contributed by atoms with Gasteiger partial charge in [-0.25, -0.2) is 9.18 Å². The molecule has 0 saturated carbocycles. The van der Waals surface area contributed by atoms with Gasteiger partial charge in [-0.3, -0.25) is 4.79 Å². The van der Waals surface area contributed by atoms with Gasteiger partial charge in [-0.05, 0) is 41.1 Å². The van der Waals surface area contributed by atoms with Crippen LogP contribution in [0.1, 0.15) is 17.3 Å². The zero-order valence-corrected chi connectivity index (χ0v) is 10.9. The van der Waals surface area contributed by atoms with E-state index >= 15 is 0 Å². The first-order valence-electron chi connectivity index (χ1n) is 4.79. The maximum Gasteiger partial charge on any atom is 0.326 e. The van der Waals surface area contributed by atoms with Gasteiger partial charge in [0.1, 0.15) is 11.9 Å². The molecule has 4 nitrogen and oxygen atoms in total. The second-order valence-electron chi connectivity index (χ2n) is 3.55. The summed E-state index contributed by atoms with van der Waals surface area (Å²) in [4.78, 5) is 23.7. The Morgan fingerprint density at radius 1 is 1.47 bits per heavy atom. The van der Waals surface area contributed by atoms with Gasteiger partial charge >= 0.3 is 5.97 Å². The van der Waals surface area contributed by atoms with Crippen molar-refractivity contribution in [2.45, 2.75) is 13.0 Å². The first-order valence-corrected chi connectivity index (χ1v) is 5.59. The van der Waals surface area contributed by atoms with Crippen LogP contribution < -0.4 is 0 Å². The molecule has 1 N–H and O–H groups in total. The Morgan fingerprint density at radius 3 is 2.59 bits per heavy atom. The van der Waals surface area contributed by atoms with Crippen LogP contribution in [0.25, 0.3) is 0 Å². The van der Waals surface area contributed by atoms with Crippen molar-refractivity contribution in [2.24, 2.45) is 0 Å². The number of likely N-dealkylation sites (N-methyl/N-ethyl adjacent to an activating group) is 1. The van der Waals surface area contributed by atoms with Crippen LogP contribution in [0.3, 0.4) is 0 Å². The molecule has 0 aliphatic heterocycles. The Bertz CT molecular complexity index is 464. The number of carbonyl (C=O) groups is 2. The molecule has 0 fully saturated rings. The molecular weight excluding hydrogens is 293 g/mol. The lowest BCUT2D eigenvalue weighted by Gasteiger charge is -2.22. The number of rotatable bonds is 3. The van der Waals surface area contributed by atoms with E-state index in [1.165, 1.54) is 26.1 Å². The highest BCUT2D eigenvalue weighted by Crippen LogP contribution is 2.20. The maximum atomic E-state index is 13.0. The third-order valence-corrected chi connectivity index (χ3v) is 3.11. The minimum atomic E-state index is -1.12. The second kappa shape index (κ2) is 5.27. The van der Waals surface area contributed by atoms with E-state index in [9.17, 15) is 14.0 Å². The number of carboxylic acid groups (broad SMARTS) is 1. The molecule has 0 radical (unpaired) electrons. The summed E-state index contributed by atoms with van der Waals surface area (Å²) in [5.74, 6) is -2.22. The van der Waals surface area contributed by atoms with Gasteiger partial charge in [0.2, 0.25) is 0 Å². The monoisotopic (exact) mass is 303 g/mol. The Kier molecular flexibility index (Phi) is 4.22. The van der Waals surface area contributed by atoms with Gasteiger partial charge in [-0.1, -0.05) is 0 Å². The predicted octanol–water partition coefficient (Wildman–Crippen LogP) is 2.13. The zero-order valence-electron chi connectivity index (χ0n) is 9.28. The lowest BCUT2D eigenvalue weighted by molar-refractivity contribution is -0.141. The van der Waals surface area contributed by atoms with Crippen molar-refractivity contribution in [3.05, 3.63) is 34.1 Å². The molecule has 92 valence electrons. The topological polar surface area (TPSA) is 57.6 Å². The second-order valence-corrected chi connectivity index (χ2v) is 4.41. The van der Waals surface area contributed by atoms with Gasteiger partial charge in [0.25, 0.3) is 5.91 Å². The van der Waals surface area contributed by atoms with Gasteiger partial charge < -0.3 is 10.0 Å². The summed E-state index contributed by atoms with van der Waals surface area (Å²) in [5, 5.41) is 8.79. The fourth-order valence-electron chi connectivity index (χ4n) is 1.19. The third-order valence-electron chi connectivity index (χ3n) is 2.42. The van der Waals surface area contributed by atoms with Crippen molar-refractivity contribution in [1.29, 1.82) is 0 Å². The summed E-state index contributed by atoms with van der Waals surface area (Å²) in [6, 6.07) is 2.71. The molecule has 1 aromatic rings. The third kappa shape index (κ3) is 3.03. The molecule has 6 heteroatoms. The summed E-state index contributed by atoms with van der Waals surface area (Å²) >= 11 is 3.12. The molecule has 0 aliphatic carbocycles. The van der Waals surface area contributed by atoms with E-state index in [4.69, 9.17) is 5.11 Å².